The molecule has 0 fully saturated rings. The predicted octanol–water partition coefficient (Wildman–Crippen LogP) is 4.06. The van der Waals surface area contributed by atoms with Crippen LogP contribution in [0.5, 0.6) is 5.75 Å². The van der Waals surface area contributed by atoms with Crippen LogP contribution in [0.15, 0.2) is 48.5 Å². The third kappa shape index (κ3) is 4.28. The molecule has 0 saturated heterocycles. The molecule has 104 valence electrons. The largest absolute Gasteiger partial charge is 0.491 e. The summed E-state index contributed by atoms with van der Waals surface area (Å²) in [5.41, 5.74) is 1.95. The van der Waals surface area contributed by atoms with Crippen molar-refractivity contribution >= 4 is 23.2 Å². The Morgan fingerprint density at radius 1 is 1.15 bits per heavy atom. The minimum atomic E-state index is -0.0825. The molecule has 0 spiro atoms. The van der Waals surface area contributed by atoms with E-state index in [2.05, 4.69) is 5.32 Å². The van der Waals surface area contributed by atoms with Crippen molar-refractivity contribution in [2.75, 3.05) is 11.9 Å². The van der Waals surface area contributed by atoms with Gasteiger partial charge in [0.1, 0.15) is 5.75 Å². The van der Waals surface area contributed by atoms with Gasteiger partial charge < -0.3 is 10.1 Å². The summed E-state index contributed by atoms with van der Waals surface area (Å²) in [6.45, 7) is 2.30. The van der Waals surface area contributed by atoms with E-state index < -0.39 is 0 Å². The lowest BCUT2D eigenvalue weighted by Crippen LogP contribution is -2.15. The first-order chi connectivity index (χ1) is 9.65. The number of nitrogens with one attached hydrogen (secondary N) is 1. The average molecular weight is 290 g/mol. The van der Waals surface area contributed by atoms with E-state index in [1.54, 1.807) is 12.1 Å². The number of halogens is 1. The Hall–Kier alpha value is -2.00. The molecule has 0 aliphatic carbocycles. The lowest BCUT2D eigenvalue weighted by Gasteiger charge is -2.08. The number of hydrogen-bond acceptors (Lipinski definition) is 2. The van der Waals surface area contributed by atoms with Gasteiger partial charge in [-0.25, -0.2) is 0 Å². The molecular formula is C16H16ClNO2. The number of amides is 1. The van der Waals surface area contributed by atoms with Gasteiger partial charge in [-0.2, -0.15) is 0 Å². The van der Waals surface area contributed by atoms with Crippen molar-refractivity contribution in [2.45, 2.75) is 13.3 Å². The monoisotopic (exact) mass is 289 g/mol. The van der Waals surface area contributed by atoms with Crippen LogP contribution in [-0.4, -0.2) is 12.5 Å². The van der Waals surface area contributed by atoms with Crippen LogP contribution in [0.3, 0.4) is 0 Å². The fourth-order valence-electron chi connectivity index (χ4n) is 1.68. The molecule has 0 bridgehead atoms. The maximum Gasteiger partial charge on any atom is 0.227 e. The summed E-state index contributed by atoms with van der Waals surface area (Å²) in [4.78, 5) is 11.7. The molecule has 2 rings (SSSR count). The second kappa shape index (κ2) is 6.96. The normalized spacial score (nSPS) is 10.1. The second-order valence-electron chi connectivity index (χ2n) is 4.44. The van der Waals surface area contributed by atoms with E-state index in [1.807, 2.05) is 43.3 Å². The van der Waals surface area contributed by atoms with Gasteiger partial charge in [-0.3, -0.25) is 4.79 Å². The number of hydrogen-bond donors (Lipinski definition) is 1. The zero-order valence-corrected chi connectivity index (χ0v) is 12.0. The average Bonchev–Trinajstić information content (AvgIpc) is 2.43. The zero-order valence-electron chi connectivity index (χ0n) is 11.2. The van der Waals surface area contributed by atoms with Crippen LogP contribution >= 0.6 is 11.6 Å². The molecule has 0 aliphatic rings. The zero-order chi connectivity index (χ0) is 14.4. The third-order valence-electron chi connectivity index (χ3n) is 2.76. The Morgan fingerprint density at radius 2 is 1.85 bits per heavy atom. The van der Waals surface area contributed by atoms with Crippen LogP contribution in [0, 0.1) is 6.92 Å². The predicted molar refractivity (Wildman–Crippen MR) is 81.4 cm³/mol. The van der Waals surface area contributed by atoms with Crippen LogP contribution in [0.25, 0.3) is 0 Å². The van der Waals surface area contributed by atoms with Crippen LogP contribution in [0.1, 0.15) is 12.0 Å². The number of rotatable bonds is 5. The molecule has 0 aromatic heterocycles. The fraction of sp³-hybridized carbons (Fsp3) is 0.188. The molecule has 0 radical (unpaired) electrons. The summed E-state index contributed by atoms with van der Waals surface area (Å²) in [6, 6.07) is 14.9. The minimum absolute atomic E-state index is 0.0825. The molecule has 2 aromatic carbocycles. The molecular weight excluding hydrogens is 274 g/mol. The van der Waals surface area contributed by atoms with Crippen molar-refractivity contribution in [3.8, 4) is 5.75 Å². The van der Waals surface area contributed by atoms with Gasteiger partial charge >= 0.3 is 0 Å². The van der Waals surface area contributed by atoms with Gasteiger partial charge in [-0.05, 0) is 31.2 Å². The summed E-state index contributed by atoms with van der Waals surface area (Å²) in [5.74, 6) is 0.512. The first-order valence-electron chi connectivity index (χ1n) is 6.39. The minimum Gasteiger partial charge on any atom is -0.491 e. The number of anilines is 1. The van der Waals surface area contributed by atoms with Gasteiger partial charge in [-0.15, -0.1) is 0 Å². The van der Waals surface area contributed by atoms with Crippen molar-refractivity contribution in [1.82, 2.24) is 0 Å². The van der Waals surface area contributed by atoms with E-state index in [0.717, 1.165) is 11.3 Å². The molecule has 0 saturated carbocycles. The topological polar surface area (TPSA) is 38.3 Å². The number of ether oxygens (including phenoxy) is 1. The maximum atomic E-state index is 11.7. The highest BCUT2D eigenvalue weighted by Gasteiger charge is 2.04. The third-order valence-corrected chi connectivity index (χ3v) is 3.07. The van der Waals surface area contributed by atoms with E-state index in [-0.39, 0.29) is 12.3 Å². The van der Waals surface area contributed by atoms with Gasteiger partial charge in [0.25, 0.3) is 0 Å². The molecule has 20 heavy (non-hydrogen) atoms. The Balaban J connectivity index is 1.78. The Morgan fingerprint density at radius 3 is 2.55 bits per heavy atom. The second-order valence-corrected chi connectivity index (χ2v) is 4.85. The smallest absolute Gasteiger partial charge is 0.227 e. The van der Waals surface area contributed by atoms with Crippen molar-refractivity contribution in [1.29, 1.82) is 0 Å². The number of para-hydroxylation sites is 1. The van der Waals surface area contributed by atoms with E-state index in [1.165, 1.54) is 0 Å². The Bertz CT molecular complexity index is 581. The highest BCUT2D eigenvalue weighted by Crippen LogP contribution is 2.23. The number of carbonyl (C=O) groups is 1. The number of aryl methyl sites for hydroxylation is 1. The lowest BCUT2D eigenvalue weighted by atomic mass is 10.2. The molecule has 0 unspecified atom stereocenters. The molecule has 2 aromatic rings. The van der Waals surface area contributed by atoms with Crippen LogP contribution < -0.4 is 10.1 Å². The van der Waals surface area contributed by atoms with Gasteiger partial charge in [0.2, 0.25) is 5.91 Å². The highest BCUT2D eigenvalue weighted by atomic mass is 35.5. The summed E-state index contributed by atoms with van der Waals surface area (Å²) in [5, 5.41) is 3.37. The van der Waals surface area contributed by atoms with Gasteiger partial charge in [0, 0.05) is 5.69 Å². The van der Waals surface area contributed by atoms with Gasteiger partial charge in [-0.1, -0.05) is 41.4 Å². The van der Waals surface area contributed by atoms with Crippen molar-refractivity contribution < 1.29 is 9.53 Å². The standard InChI is InChI=1S/C16H16ClNO2/c1-12-6-8-13(9-7-12)18-16(19)10-11-20-15-5-3-2-4-14(15)17/h2-9H,10-11H2,1H3,(H,18,19). The quantitative estimate of drug-likeness (QED) is 0.901. The number of benzene rings is 2. The van der Waals surface area contributed by atoms with E-state index in [0.29, 0.717) is 17.4 Å². The summed E-state index contributed by atoms with van der Waals surface area (Å²) in [7, 11) is 0. The fourth-order valence-corrected chi connectivity index (χ4v) is 1.87. The van der Waals surface area contributed by atoms with Crippen molar-refractivity contribution in [2.24, 2.45) is 0 Å². The Labute approximate surface area is 123 Å². The van der Waals surface area contributed by atoms with Gasteiger partial charge in [0.15, 0.2) is 0 Å². The SMILES string of the molecule is Cc1ccc(NC(=O)CCOc2ccccc2Cl)cc1. The summed E-state index contributed by atoms with van der Waals surface area (Å²) >= 11 is 5.96. The first-order valence-corrected chi connectivity index (χ1v) is 6.77. The molecule has 4 heteroatoms. The van der Waals surface area contributed by atoms with Gasteiger partial charge in [0.05, 0.1) is 18.1 Å². The van der Waals surface area contributed by atoms with Crippen LogP contribution in [0.4, 0.5) is 5.69 Å². The first kappa shape index (κ1) is 14.4. The van der Waals surface area contributed by atoms with E-state index >= 15 is 0 Å². The van der Waals surface area contributed by atoms with E-state index in [4.69, 9.17) is 16.3 Å². The molecule has 0 atom stereocenters. The van der Waals surface area contributed by atoms with Crippen LogP contribution in [-0.2, 0) is 4.79 Å². The van der Waals surface area contributed by atoms with Crippen LogP contribution in [0.2, 0.25) is 5.02 Å². The number of carbonyl (C=O) groups excluding carboxylic acids is 1. The van der Waals surface area contributed by atoms with Crippen molar-refractivity contribution in [3.63, 3.8) is 0 Å². The molecule has 0 heterocycles. The molecule has 1 N–H and O–H groups in total. The molecule has 1 amide bonds. The van der Waals surface area contributed by atoms with Crippen molar-refractivity contribution in [3.05, 3.63) is 59.1 Å². The van der Waals surface area contributed by atoms with E-state index in [9.17, 15) is 4.79 Å². The Kier molecular flexibility index (Phi) is 5.02. The molecule has 0 aliphatic heterocycles. The highest BCUT2D eigenvalue weighted by molar-refractivity contribution is 6.32. The summed E-state index contributed by atoms with van der Waals surface area (Å²) in [6.07, 6.45) is 0.277. The maximum absolute atomic E-state index is 11.7. The lowest BCUT2D eigenvalue weighted by molar-refractivity contribution is -0.116. The molecule has 3 nitrogen and oxygen atoms in total. The summed E-state index contributed by atoms with van der Waals surface area (Å²) < 4.78 is 5.47.